The summed E-state index contributed by atoms with van der Waals surface area (Å²) in [5.74, 6) is 0.379. The highest BCUT2D eigenvalue weighted by molar-refractivity contribution is 5.94. The zero-order valence-corrected chi connectivity index (χ0v) is 17.1. The van der Waals surface area contributed by atoms with Crippen molar-refractivity contribution in [2.24, 2.45) is 11.8 Å². The van der Waals surface area contributed by atoms with Gasteiger partial charge in [-0.05, 0) is 49.2 Å². The fourth-order valence-corrected chi connectivity index (χ4v) is 3.04. The van der Waals surface area contributed by atoms with Crippen molar-refractivity contribution in [2.45, 2.75) is 26.9 Å². The van der Waals surface area contributed by atoms with Gasteiger partial charge in [-0.25, -0.2) is 0 Å². The van der Waals surface area contributed by atoms with E-state index in [1.54, 1.807) is 6.07 Å². The Hall–Kier alpha value is -2.37. The number of amides is 2. The molecule has 0 aliphatic carbocycles. The minimum absolute atomic E-state index is 0. The Kier molecular flexibility index (Phi) is 8.03. The van der Waals surface area contributed by atoms with Crippen LogP contribution in [0.5, 0.6) is 0 Å². The second-order valence-corrected chi connectivity index (χ2v) is 7.29. The summed E-state index contributed by atoms with van der Waals surface area (Å²) in [4.78, 5) is 24.6. The van der Waals surface area contributed by atoms with Crippen molar-refractivity contribution in [1.29, 1.82) is 0 Å². The van der Waals surface area contributed by atoms with E-state index >= 15 is 0 Å². The molecule has 1 aliphatic heterocycles. The van der Waals surface area contributed by atoms with Gasteiger partial charge in [-0.3, -0.25) is 9.59 Å². The van der Waals surface area contributed by atoms with Crippen molar-refractivity contribution in [3.63, 3.8) is 0 Å². The van der Waals surface area contributed by atoms with Crippen LogP contribution in [0.25, 0.3) is 0 Å². The van der Waals surface area contributed by atoms with Gasteiger partial charge in [0.15, 0.2) is 0 Å². The third kappa shape index (κ3) is 5.81. The van der Waals surface area contributed by atoms with E-state index in [2.05, 4.69) is 16.0 Å². The first kappa shape index (κ1) is 21.9. The molecule has 2 aromatic rings. The minimum Gasteiger partial charge on any atom is -0.352 e. The number of hydrogen-bond acceptors (Lipinski definition) is 3. The quantitative estimate of drug-likeness (QED) is 0.668. The van der Waals surface area contributed by atoms with E-state index in [9.17, 15) is 9.59 Å². The molecule has 6 heteroatoms. The molecule has 3 rings (SSSR count). The smallest absolute Gasteiger partial charge is 0.251 e. The Labute approximate surface area is 172 Å². The highest BCUT2D eigenvalue weighted by Gasteiger charge is 2.28. The van der Waals surface area contributed by atoms with E-state index in [0.717, 1.165) is 24.2 Å². The van der Waals surface area contributed by atoms with E-state index in [1.807, 2.05) is 56.3 Å². The van der Waals surface area contributed by atoms with E-state index in [4.69, 9.17) is 0 Å². The number of aryl methyl sites for hydroxylation is 1. The zero-order chi connectivity index (χ0) is 19.2. The topological polar surface area (TPSA) is 70.2 Å². The van der Waals surface area contributed by atoms with Crippen LogP contribution >= 0.6 is 12.4 Å². The summed E-state index contributed by atoms with van der Waals surface area (Å²) in [6.07, 6.45) is 0. The Morgan fingerprint density at radius 1 is 1.04 bits per heavy atom. The van der Waals surface area contributed by atoms with Gasteiger partial charge < -0.3 is 16.0 Å². The fraction of sp³-hybridized carbons (Fsp3) is 0.364. The zero-order valence-electron chi connectivity index (χ0n) is 16.3. The van der Waals surface area contributed by atoms with Crippen LogP contribution in [0.15, 0.2) is 48.5 Å². The average molecular weight is 402 g/mol. The lowest BCUT2D eigenvalue weighted by molar-refractivity contribution is -0.126. The van der Waals surface area contributed by atoms with E-state index < -0.39 is 0 Å². The van der Waals surface area contributed by atoms with Crippen molar-refractivity contribution < 1.29 is 9.59 Å². The summed E-state index contributed by atoms with van der Waals surface area (Å²) >= 11 is 0. The molecular weight excluding hydrogens is 374 g/mol. The number of hydrogen-bond donors (Lipinski definition) is 3. The van der Waals surface area contributed by atoms with Crippen molar-refractivity contribution in [1.82, 2.24) is 16.0 Å². The molecule has 0 spiro atoms. The first-order valence-corrected chi connectivity index (χ1v) is 9.44. The van der Waals surface area contributed by atoms with Gasteiger partial charge in [0.2, 0.25) is 5.91 Å². The van der Waals surface area contributed by atoms with Gasteiger partial charge in [-0.1, -0.05) is 48.9 Å². The number of carbonyl (C=O) groups is 2. The molecule has 1 atom stereocenters. The predicted octanol–water partition coefficient (Wildman–Crippen LogP) is 2.82. The van der Waals surface area contributed by atoms with Gasteiger partial charge >= 0.3 is 0 Å². The van der Waals surface area contributed by atoms with E-state index in [1.165, 1.54) is 5.56 Å². The predicted molar refractivity (Wildman–Crippen MR) is 113 cm³/mol. The van der Waals surface area contributed by atoms with E-state index in [0.29, 0.717) is 24.6 Å². The number of carbonyl (C=O) groups excluding carboxylic acids is 2. The Bertz CT molecular complexity index is 804. The van der Waals surface area contributed by atoms with Crippen LogP contribution in [0.4, 0.5) is 0 Å². The van der Waals surface area contributed by atoms with Crippen LogP contribution in [0.1, 0.15) is 34.0 Å². The molecular formula is C22H28ClN3O2. The summed E-state index contributed by atoms with van der Waals surface area (Å²) in [6, 6.07) is 15.5. The summed E-state index contributed by atoms with van der Waals surface area (Å²) in [5, 5.41) is 9.11. The summed E-state index contributed by atoms with van der Waals surface area (Å²) < 4.78 is 0. The van der Waals surface area contributed by atoms with Crippen molar-refractivity contribution in [3.8, 4) is 0 Å². The van der Waals surface area contributed by atoms with Crippen molar-refractivity contribution >= 4 is 24.2 Å². The van der Waals surface area contributed by atoms with Gasteiger partial charge in [-0.15, -0.1) is 12.4 Å². The molecule has 150 valence electrons. The van der Waals surface area contributed by atoms with Crippen LogP contribution in [0, 0.1) is 18.8 Å². The number of rotatable bonds is 7. The molecule has 2 amide bonds. The fourth-order valence-electron chi connectivity index (χ4n) is 3.04. The van der Waals surface area contributed by atoms with E-state index in [-0.39, 0.29) is 30.1 Å². The van der Waals surface area contributed by atoms with Crippen LogP contribution in [-0.4, -0.2) is 24.9 Å². The van der Waals surface area contributed by atoms with Crippen LogP contribution < -0.4 is 16.0 Å². The van der Waals surface area contributed by atoms with Gasteiger partial charge in [-0.2, -0.15) is 0 Å². The lowest BCUT2D eigenvalue weighted by Gasteiger charge is -2.31. The van der Waals surface area contributed by atoms with Crippen molar-refractivity contribution in [2.75, 3.05) is 13.1 Å². The largest absolute Gasteiger partial charge is 0.352 e. The molecule has 1 saturated heterocycles. The molecule has 0 saturated carbocycles. The van der Waals surface area contributed by atoms with Crippen LogP contribution in [0.3, 0.4) is 0 Å². The maximum Gasteiger partial charge on any atom is 0.251 e. The number of nitrogens with one attached hydrogen (secondary N) is 3. The summed E-state index contributed by atoms with van der Waals surface area (Å²) in [7, 11) is 0. The lowest BCUT2D eigenvalue weighted by atomic mass is 9.88. The second kappa shape index (κ2) is 10.2. The molecule has 2 aromatic carbocycles. The SMILES string of the molecule is Cc1ccc(CNC(=O)c2cccc(CNC(=O)C(C)C3CNC3)c2)cc1.Cl. The molecule has 1 fully saturated rings. The molecule has 0 aromatic heterocycles. The molecule has 0 radical (unpaired) electrons. The molecule has 0 bridgehead atoms. The van der Waals surface area contributed by atoms with Crippen LogP contribution in [-0.2, 0) is 17.9 Å². The summed E-state index contributed by atoms with van der Waals surface area (Å²) in [6.45, 7) is 6.75. The Morgan fingerprint density at radius 3 is 2.36 bits per heavy atom. The highest BCUT2D eigenvalue weighted by Crippen LogP contribution is 2.16. The molecule has 28 heavy (non-hydrogen) atoms. The monoisotopic (exact) mass is 401 g/mol. The number of halogens is 1. The normalized spacial score (nSPS) is 14.4. The third-order valence-corrected chi connectivity index (χ3v) is 5.16. The Balaban J connectivity index is 0.00000280. The maximum atomic E-state index is 12.4. The number of benzene rings is 2. The van der Waals surface area contributed by atoms with Gasteiger partial charge in [0, 0.05) is 24.6 Å². The minimum atomic E-state index is -0.113. The molecule has 5 nitrogen and oxygen atoms in total. The first-order valence-electron chi connectivity index (χ1n) is 9.44. The summed E-state index contributed by atoms with van der Waals surface area (Å²) in [5.41, 5.74) is 3.79. The molecule has 3 N–H and O–H groups in total. The maximum absolute atomic E-state index is 12.4. The third-order valence-electron chi connectivity index (χ3n) is 5.16. The first-order chi connectivity index (χ1) is 13.0. The van der Waals surface area contributed by atoms with Gasteiger partial charge in [0.25, 0.3) is 5.91 Å². The van der Waals surface area contributed by atoms with Crippen LogP contribution in [0.2, 0.25) is 0 Å². The van der Waals surface area contributed by atoms with Gasteiger partial charge in [0.1, 0.15) is 0 Å². The second-order valence-electron chi connectivity index (χ2n) is 7.29. The molecule has 1 aliphatic rings. The highest BCUT2D eigenvalue weighted by atomic mass is 35.5. The van der Waals surface area contributed by atoms with Gasteiger partial charge in [0.05, 0.1) is 0 Å². The molecule has 1 heterocycles. The standard InChI is InChI=1S/C22H27N3O2.ClH/c1-15-6-8-17(9-7-15)11-25-22(27)19-5-3-4-18(10-19)12-24-21(26)16(2)20-13-23-14-20;/h3-10,16,20,23H,11-14H2,1-2H3,(H,24,26)(H,25,27);1H. The lowest BCUT2D eigenvalue weighted by Crippen LogP contribution is -2.49. The average Bonchev–Trinajstić information content (AvgIpc) is 2.64. The Morgan fingerprint density at radius 2 is 1.71 bits per heavy atom. The van der Waals surface area contributed by atoms with Crippen molar-refractivity contribution in [3.05, 3.63) is 70.8 Å². The molecule has 1 unspecified atom stereocenters.